The summed E-state index contributed by atoms with van der Waals surface area (Å²) < 4.78 is 15.5. The molecule has 0 saturated carbocycles. The maximum atomic E-state index is 11.5. The second-order valence-corrected chi connectivity index (χ2v) is 4.91. The average Bonchev–Trinajstić information content (AvgIpc) is 2.12. The lowest BCUT2D eigenvalue weighted by Crippen LogP contribution is -2.16. The molecule has 0 radical (unpaired) electrons. The third-order valence-corrected chi connectivity index (χ3v) is 2.73. The second-order valence-electron chi connectivity index (χ2n) is 3.36. The summed E-state index contributed by atoms with van der Waals surface area (Å²) in [7, 11) is -1.11. The fraction of sp³-hybridized carbons (Fsp3) is 0.400. The number of hydrogen-bond acceptors (Lipinski definition) is 5. The van der Waals surface area contributed by atoms with Gasteiger partial charge in [-0.15, -0.1) is 0 Å². The zero-order valence-corrected chi connectivity index (χ0v) is 9.80. The Bertz CT molecular complexity index is 488. The molecule has 1 aromatic heterocycles. The van der Waals surface area contributed by atoms with Crippen molar-refractivity contribution in [3.8, 4) is 5.75 Å². The molecule has 1 N–H and O–H groups in total. The zero-order valence-electron chi connectivity index (χ0n) is 8.98. The van der Waals surface area contributed by atoms with Crippen molar-refractivity contribution in [2.45, 2.75) is 13.3 Å². The molecule has 6 heteroatoms. The molecule has 5 nitrogen and oxygen atoms in total. The van der Waals surface area contributed by atoms with Gasteiger partial charge in [0.1, 0.15) is 17.1 Å². The Balaban J connectivity index is 3.00. The Hall–Kier alpha value is -1.43. The summed E-state index contributed by atoms with van der Waals surface area (Å²) in [6.07, 6.45) is 1.41. The third kappa shape index (κ3) is 3.03. The normalized spacial score (nSPS) is 12.4. The number of carbonyl (C=O) groups excluding carboxylic acids is 1. The van der Waals surface area contributed by atoms with Crippen molar-refractivity contribution in [2.75, 3.05) is 12.0 Å². The van der Waals surface area contributed by atoms with Crippen LogP contribution in [0.5, 0.6) is 5.75 Å². The van der Waals surface area contributed by atoms with Gasteiger partial charge in [-0.2, -0.15) is 0 Å². The standard InChI is InChI=1S/C10H12O5S/c1-6-5-8(12)9(10(13)15-6)7(11)3-4-16(2)14/h5,12H,3-4H2,1-2H3. The summed E-state index contributed by atoms with van der Waals surface area (Å²) in [5.74, 6) is -0.550. The molecule has 1 atom stereocenters. The average molecular weight is 244 g/mol. The molecule has 0 bridgehead atoms. The summed E-state index contributed by atoms with van der Waals surface area (Å²) in [5.41, 5.74) is -1.22. The minimum Gasteiger partial charge on any atom is -0.507 e. The van der Waals surface area contributed by atoms with Crippen LogP contribution in [0, 0.1) is 6.92 Å². The molecular formula is C10H12O5S. The highest BCUT2D eigenvalue weighted by Crippen LogP contribution is 2.16. The number of carbonyl (C=O) groups is 1. The van der Waals surface area contributed by atoms with E-state index in [9.17, 15) is 18.9 Å². The molecule has 0 aliphatic heterocycles. The van der Waals surface area contributed by atoms with Crippen molar-refractivity contribution < 1.29 is 18.5 Å². The van der Waals surface area contributed by atoms with Crippen LogP contribution >= 0.6 is 0 Å². The van der Waals surface area contributed by atoms with Gasteiger partial charge in [-0.3, -0.25) is 9.00 Å². The fourth-order valence-electron chi connectivity index (χ4n) is 1.21. The first-order valence-electron chi connectivity index (χ1n) is 4.58. The summed E-state index contributed by atoms with van der Waals surface area (Å²) in [6.45, 7) is 1.50. The number of ketones is 1. The van der Waals surface area contributed by atoms with Crippen molar-refractivity contribution in [3.05, 3.63) is 27.8 Å². The van der Waals surface area contributed by atoms with E-state index >= 15 is 0 Å². The lowest BCUT2D eigenvalue weighted by atomic mass is 10.1. The maximum Gasteiger partial charge on any atom is 0.350 e. The lowest BCUT2D eigenvalue weighted by Gasteiger charge is -2.02. The molecular weight excluding hydrogens is 232 g/mol. The molecule has 1 heterocycles. The molecule has 0 amide bonds. The van der Waals surface area contributed by atoms with E-state index in [0.717, 1.165) is 0 Å². The van der Waals surface area contributed by atoms with Gasteiger partial charge >= 0.3 is 5.63 Å². The molecule has 1 rings (SSSR count). The SMILES string of the molecule is Cc1cc(O)c(C(=O)CCS(C)=O)c(=O)o1. The van der Waals surface area contributed by atoms with Crippen LogP contribution in [0.4, 0.5) is 0 Å². The van der Waals surface area contributed by atoms with Crippen LogP contribution in [0.25, 0.3) is 0 Å². The molecule has 0 aliphatic carbocycles. The van der Waals surface area contributed by atoms with E-state index in [2.05, 4.69) is 0 Å². The number of aromatic hydroxyl groups is 1. The Kier molecular flexibility index (Phi) is 4.00. The maximum absolute atomic E-state index is 11.5. The van der Waals surface area contributed by atoms with Crippen LogP contribution < -0.4 is 5.63 Å². The zero-order chi connectivity index (χ0) is 12.3. The van der Waals surface area contributed by atoms with Gasteiger partial charge in [-0.1, -0.05) is 0 Å². The van der Waals surface area contributed by atoms with Crippen LogP contribution in [0.15, 0.2) is 15.3 Å². The van der Waals surface area contributed by atoms with E-state index in [1.807, 2.05) is 0 Å². The highest BCUT2D eigenvalue weighted by molar-refractivity contribution is 7.84. The van der Waals surface area contributed by atoms with E-state index in [1.54, 1.807) is 0 Å². The van der Waals surface area contributed by atoms with Crippen molar-refractivity contribution in [2.24, 2.45) is 0 Å². The Morgan fingerprint density at radius 2 is 2.19 bits per heavy atom. The Labute approximate surface area is 94.6 Å². The molecule has 88 valence electrons. The van der Waals surface area contributed by atoms with Gasteiger partial charge in [0.05, 0.1) is 0 Å². The fourth-order valence-corrected chi connectivity index (χ4v) is 1.69. The molecule has 1 aromatic rings. The highest BCUT2D eigenvalue weighted by Gasteiger charge is 2.18. The molecule has 0 aliphatic rings. The van der Waals surface area contributed by atoms with Gasteiger partial charge in [0.2, 0.25) is 0 Å². The number of rotatable bonds is 4. The van der Waals surface area contributed by atoms with Crippen LogP contribution in [0.1, 0.15) is 22.5 Å². The van der Waals surface area contributed by atoms with Crippen molar-refractivity contribution >= 4 is 16.6 Å². The minimum atomic E-state index is -1.11. The predicted molar refractivity (Wildman–Crippen MR) is 59.3 cm³/mol. The van der Waals surface area contributed by atoms with Crippen molar-refractivity contribution in [3.63, 3.8) is 0 Å². The third-order valence-electron chi connectivity index (χ3n) is 1.95. The van der Waals surface area contributed by atoms with Gasteiger partial charge in [-0.05, 0) is 6.92 Å². The van der Waals surface area contributed by atoms with E-state index < -0.39 is 22.2 Å². The topological polar surface area (TPSA) is 84.6 Å². The summed E-state index contributed by atoms with van der Waals surface area (Å²) in [5, 5.41) is 9.45. The monoisotopic (exact) mass is 244 g/mol. The van der Waals surface area contributed by atoms with E-state index in [4.69, 9.17) is 4.42 Å². The first-order chi connectivity index (χ1) is 7.41. The molecule has 1 unspecified atom stereocenters. The summed E-state index contributed by atoms with van der Waals surface area (Å²) in [4.78, 5) is 22.9. The first-order valence-corrected chi connectivity index (χ1v) is 6.31. The smallest absolute Gasteiger partial charge is 0.350 e. The number of hydrogen-bond donors (Lipinski definition) is 1. The van der Waals surface area contributed by atoms with Gasteiger partial charge in [0.25, 0.3) is 0 Å². The van der Waals surface area contributed by atoms with Gasteiger partial charge in [-0.25, -0.2) is 4.79 Å². The first kappa shape index (κ1) is 12.6. The molecule has 0 spiro atoms. The van der Waals surface area contributed by atoms with E-state index in [0.29, 0.717) is 0 Å². The summed E-state index contributed by atoms with van der Waals surface area (Å²) in [6, 6.07) is 1.21. The number of aryl methyl sites for hydroxylation is 1. The second kappa shape index (κ2) is 5.07. The summed E-state index contributed by atoms with van der Waals surface area (Å²) >= 11 is 0. The van der Waals surface area contributed by atoms with Crippen LogP contribution in [0.3, 0.4) is 0 Å². The van der Waals surface area contributed by atoms with Crippen molar-refractivity contribution in [1.82, 2.24) is 0 Å². The number of Topliss-reactive ketones (excluding diaryl/α,β-unsaturated/α-hetero) is 1. The predicted octanol–water partition coefficient (Wildman–Crippen LogP) is 0.605. The minimum absolute atomic E-state index is 0.0511. The van der Waals surface area contributed by atoms with Crippen LogP contribution in [-0.4, -0.2) is 27.1 Å². The quantitative estimate of drug-likeness (QED) is 0.784. The van der Waals surface area contributed by atoms with E-state index in [1.165, 1.54) is 19.2 Å². The largest absolute Gasteiger partial charge is 0.507 e. The Morgan fingerprint density at radius 3 is 2.69 bits per heavy atom. The van der Waals surface area contributed by atoms with Crippen LogP contribution in [-0.2, 0) is 10.8 Å². The lowest BCUT2D eigenvalue weighted by molar-refractivity contribution is 0.0982. The van der Waals surface area contributed by atoms with Crippen molar-refractivity contribution in [1.29, 1.82) is 0 Å². The van der Waals surface area contributed by atoms with Gasteiger partial charge < -0.3 is 9.52 Å². The van der Waals surface area contributed by atoms with Crippen LogP contribution in [0.2, 0.25) is 0 Å². The molecule has 0 saturated heterocycles. The molecule has 16 heavy (non-hydrogen) atoms. The molecule has 0 aromatic carbocycles. The Morgan fingerprint density at radius 1 is 1.56 bits per heavy atom. The molecule has 0 fully saturated rings. The van der Waals surface area contributed by atoms with E-state index in [-0.39, 0.29) is 29.2 Å². The van der Waals surface area contributed by atoms with Gasteiger partial charge in [0, 0.05) is 35.3 Å². The highest BCUT2D eigenvalue weighted by atomic mass is 32.2. The van der Waals surface area contributed by atoms with Gasteiger partial charge in [0.15, 0.2) is 5.78 Å².